The zero-order valence-corrected chi connectivity index (χ0v) is 9.81. The van der Waals surface area contributed by atoms with Gasteiger partial charge in [-0.2, -0.15) is 0 Å². The summed E-state index contributed by atoms with van der Waals surface area (Å²) in [6, 6.07) is 5.02. The van der Waals surface area contributed by atoms with Crippen LogP contribution >= 0.6 is 11.8 Å². The van der Waals surface area contributed by atoms with Crippen LogP contribution in [0.3, 0.4) is 0 Å². The normalized spacial score (nSPS) is 10.2. The number of pyridine rings is 1. The van der Waals surface area contributed by atoms with Crippen LogP contribution in [0.25, 0.3) is 0 Å². The number of aryl methyl sites for hydroxylation is 1. The summed E-state index contributed by atoms with van der Waals surface area (Å²) in [7, 11) is 0. The first-order valence-corrected chi connectivity index (χ1v) is 5.62. The Balaban J connectivity index is 2.16. The van der Waals surface area contributed by atoms with Gasteiger partial charge in [-0.05, 0) is 36.9 Å². The van der Waals surface area contributed by atoms with Crippen LogP contribution in [0.5, 0.6) is 0 Å². The van der Waals surface area contributed by atoms with Crippen LogP contribution in [0.4, 0.5) is 0 Å². The third-order valence-corrected chi connectivity index (χ3v) is 2.85. The van der Waals surface area contributed by atoms with Gasteiger partial charge in [0, 0.05) is 11.9 Å². The second-order valence-electron chi connectivity index (χ2n) is 3.29. The Morgan fingerprint density at radius 1 is 1.24 bits per heavy atom. The van der Waals surface area contributed by atoms with E-state index in [1.54, 1.807) is 6.07 Å². The number of nitrogens with zero attached hydrogens (tertiary/aromatic N) is 3. The monoisotopic (exact) mass is 247 g/mol. The molecule has 0 aromatic carbocycles. The van der Waals surface area contributed by atoms with E-state index >= 15 is 0 Å². The van der Waals surface area contributed by atoms with Crippen molar-refractivity contribution in [1.82, 2.24) is 15.0 Å². The highest BCUT2D eigenvalue weighted by atomic mass is 32.2. The molecule has 0 aliphatic carbocycles. The molecule has 0 saturated heterocycles. The molecule has 0 aliphatic rings. The highest BCUT2D eigenvalue weighted by Gasteiger charge is 2.04. The first-order chi connectivity index (χ1) is 8.15. The zero-order valence-electron chi connectivity index (χ0n) is 8.99. The van der Waals surface area contributed by atoms with E-state index in [9.17, 15) is 4.79 Å². The number of carboxylic acids is 1. The molecule has 2 aromatic heterocycles. The molecule has 17 heavy (non-hydrogen) atoms. The molecule has 2 rings (SSSR count). The minimum Gasteiger partial charge on any atom is -0.478 e. The number of rotatable bonds is 3. The maximum absolute atomic E-state index is 10.6. The van der Waals surface area contributed by atoms with Gasteiger partial charge in [-0.3, -0.25) is 0 Å². The maximum Gasteiger partial charge on any atom is 0.337 e. The third kappa shape index (κ3) is 3.01. The van der Waals surface area contributed by atoms with Gasteiger partial charge in [-0.15, -0.1) is 0 Å². The molecule has 86 valence electrons. The number of aromatic carboxylic acids is 1. The van der Waals surface area contributed by atoms with Gasteiger partial charge in [0.05, 0.1) is 5.56 Å². The summed E-state index contributed by atoms with van der Waals surface area (Å²) < 4.78 is 0. The molecule has 0 atom stereocenters. The van der Waals surface area contributed by atoms with Gasteiger partial charge < -0.3 is 5.11 Å². The van der Waals surface area contributed by atoms with E-state index in [4.69, 9.17) is 5.11 Å². The molecule has 2 aromatic rings. The van der Waals surface area contributed by atoms with Crippen LogP contribution in [-0.2, 0) is 0 Å². The van der Waals surface area contributed by atoms with Crippen molar-refractivity contribution in [3.8, 4) is 0 Å². The Bertz CT molecular complexity index is 543. The second kappa shape index (κ2) is 4.92. The quantitative estimate of drug-likeness (QED) is 0.836. The number of carbonyl (C=O) groups is 1. The lowest BCUT2D eigenvalue weighted by Gasteiger charge is -2.00. The van der Waals surface area contributed by atoms with Gasteiger partial charge in [-0.25, -0.2) is 19.7 Å². The van der Waals surface area contributed by atoms with Gasteiger partial charge in [0.1, 0.15) is 16.4 Å². The molecule has 0 bridgehead atoms. The van der Waals surface area contributed by atoms with Gasteiger partial charge >= 0.3 is 5.97 Å². The van der Waals surface area contributed by atoms with Crippen LogP contribution in [-0.4, -0.2) is 26.0 Å². The lowest BCUT2D eigenvalue weighted by molar-refractivity contribution is 0.0696. The standard InChI is InChI=1S/C11H9N3O2S/c1-7-4-10(14-6-13-7)17-9-3-2-8(5-12-9)11(15)16/h2-6H,1H3,(H,15,16). The molecule has 0 radical (unpaired) electrons. The molecular weight excluding hydrogens is 238 g/mol. The van der Waals surface area contributed by atoms with Crippen molar-refractivity contribution in [1.29, 1.82) is 0 Å². The minimum atomic E-state index is -0.980. The van der Waals surface area contributed by atoms with Crippen LogP contribution < -0.4 is 0 Å². The van der Waals surface area contributed by atoms with E-state index < -0.39 is 5.97 Å². The Morgan fingerprint density at radius 2 is 2.06 bits per heavy atom. The summed E-state index contributed by atoms with van der Waals surface area (Å²) in [6.07, 6.45) is 2.82. The van der Waals surface area contributed by atoms with Crippen molar-refractivity contribution < 1.29 is 9.90 Å². The van der Waals surface area contributed by atoms with E-state index in [0.29, 0.717) is 5.03 Å². The fraction of sp³-hybridized carbons (Fsp3) is 0.0909. The summed E-state index contributed by atoms with van der Waals surface area (Å²) in [4.78, 5) is 22.8. The summed E-state index contributed by atoms with van der Waals surface area (Å²) in [5, 5.41) is 10.2. The number of hydrogen-bond donors (Lipinski definition) is 1. The summed E-state index contributed by atoms with van der Waals surface area (Å²) in [5.74, 6) is -0.980. The lowest BCUT2D eigenvalue weighted by Crippen LogP contribution is -1.96. The lowest BCUT2D eigenvalue weighted by atomic mass is 10.3. The topological polar surface area (TPSA) is 76.0 Å². The van der Waals surface area contributed by atoms with E-state index in [-0.39, 0.29) is 5.56 Å². The van der Waals surface area contributed by atoms with Gasteiger partial charge in [0.25, 0.3) is 0 Å². The average molecular weight is 247 g/mol. The Labute approximate surface area is 102 Å². The average Bonchev–Trinajstić information content (AvgIpc) is 2.29. The predicted octanol–water partition coefficient (Wildman–Crippen LogP) is 2.03. The second-order valence-corrected chi connectivity index (χ2v) is 4.33. The number of aromatic nitrogens is 3. The third-order valence-electron chi connectivity index (χ3n) is 1.97. The molecule has 0 fully saturated rings. The molecular formula is C11H9N3O2S. The summed E-state index contributed by atoms with van der Waals surface area (Å²) in [6.45, 7) is 1.88. The highest BCUT2D eigenvalue weighted by Crippen LogP contribution is 2.23. The fourth-order valence-corrected chi connectivity index (χ4v) is 1.95. The first kappa shape index (κ1) is 11.5. The van der Waals surface area contributed by atoms with Gasteiger partial charge in [-0.1, -0.05) is 0 Å². The fourth-order valence-electron chi connectivity index (χ4n) is 1.16. The molecule has 1 N–H and O–H groups in total. The highest BCUT2D eigenvalue weighted by molar-refractivity contribution is 7.99. The first-order valence-electron chi connectivity index (χ1n) is 4.81. The van der Waals surface area contributed by atoms with Crippen LogP contribution in [0.2, 0.25) is 0 Å². The van der Waals surface area contributed by atoms with Gasteiger partial charge in [0.2, 0.25) is 0 Å². The number of hydrogen-bond acceptors (Lipinski definition) is 5. The molecule has 0 saturated carbocycles. The van der Waals surface area contributed by atoms with Crippen LogP contribution in [0.1, 0.15) is 16.1 Å². The smallest absolute Gasteiger partial charge is 0.337 e. The largest absolute Gasteiger partial charge is 0.478 e. The van der Waals surface area contributed by atoms with Crippen LogP contribution in [0, 0.1) is 6.92 Å². The van der Waals surface area contributed by atoms with E-state index in [2.05, 4.69) is 15.0 Å². The number of carboxylic acid groups (broad SMARTS) is 1. The molecule has 5 nitrogen and oxygen atoms in total. The van der Waals surface area contributed by atoms with Gasteiger partial charge in [0.15, 0.2) is 0 Å². The van der Waals surface area contributed by atoms with E-state index in [1.807, 2.05) is 13.0 Å². The predicted molar refractivity (Wildman–Crippen MR) is 62.1 cm³/mol. The molecule has 0 unspecified atom stereocenters. The Kier molecular flexibility index (Phi) is 3.34. The summed E-state index contributed by atoms with van der Waals surface area (Å²) in [5.41, 5.74) is 1.05. The van der Waals surface area contributed by atoms with Crippen molar-refractivity contribution >= 4 is 17.7 Å². The molecule has 0 amide bonds. The van der Waals surface area contributed by atoms with Crippen molar-refractivity contribution in [3.63, 3.8) is 0 Å². The maximum atomic E-state index is 10.6. The molecule has 0 aliphatic heterocycles. The van der Waals surface area contributed by atoms with Crippen molar-refractivity contribution in [3.05, 3.63) is 42.0 Å². The Morgan fingerprint density at radius 3 is 2.65 bits per heavy atom. The van der Waals surface area contributed by atoms with Crippen molar-refractivity contribution in [2.75, 3.05) is 0 Å². The van der Waals surface area contributed by atoms with Crippen molar-refractivity contribution in [2.45, 2.75) is 17.0 Å². The van der Waals surface area contributed by atoms with Crippen molar-refractivity contribution in [2.24, 2.45) is 0 Å². The molecule has 2 heterocycles. The Hall–Kier alpha value is -1.95. The van der Waals surface area contributed by atoms with E-state index in [1.165, 1.54) is 30.4 Å². The minimum absolute atomic E-state index is 0.174. The van der Waals surface area contributed by atoms with E-state index in [0.717, 1.165) is 10.7 Å². The zero-order chi connectivity index (χ0) is 12.3. The summed E-state index contributed by atoms with van der Waals surface area (Å²) >= 11 is 1.37. The van der Waals surface area contributed by atoms with Crippen LogP contribution in [0.15, 0.2) is 40.8 Å². The molecule has 0 spiro atoms. The SMILES string of the molecule is Cc1cc(Sc2ccc(C(=O)O)cn2)ncn1. The molecule has 6 heteroatoms.